The van der Waals surface area contributed by atoms with Gasteiger partial charge in [0.25, 0.3) is 0 Å². The Morgan fingerprint density at radius 3 is 2.31 bits per heavy atom. The molecule has 8 nitrogen and oxygen atoms in total. The Balaban J connectivity index is 1.26. The molecular formula is C32H32FN3O5S. The van der Waals surface area contributed by atoms with Gasteiger partial charge in [-0.2, -0.15) is 5.10 Å². The van der Waals surface area contributed by atoms with Crippen LogP contribution in [0, 0.1) is 5.82 Å². The number of halogens is 1. The van der Waals surface area contributed by atoms with Crippen LogP contribution in [0.2, 0.25) is 0 Å². The Bertz CT molecular complexity index is 1710. The van der Waals surface area contributed by atoms with E-state index in [4.69, 9.17) is 14.2 Å². The van der Waals surface area contributed by atoms with Crippen LogP contribution >= 0.6 is 0 Å². The Morgan fingerprint density at radius 2 is 1.60 bits per heavy atom. The average molecular weight is 590 g/mol. The van der Waals surface area contributed by atoms with Crippen LogP contribution in [0.1, 0.15) is 25.0 Å². The molecule has 5 aromatic rings. The van der Waals surface area contributed by atoms with Crippen LogP contribution in [0.4, 0.5) is 4.39 Å². The highest BCUT2D eigenvalue weighted by molar-refractivity contribution is 7.89. The van der Waals surface area contributed by atoms with Crippen LogP contribution in [-0.4, -0.2) is 43.7 Å². The van der Waals surface area contributed by atoms with E-state index in [2.05, 4.69) is 9.82 Å². The second kappa shape index (κ2) is 13.1. The van der Waals surface area contributed by atoms with Crippen LogP contribution in [0.25, 0.3) is 16.6 Å². The summed E-state index contributed by atoms with van der Waals surface area (Å²) >= 11 is 0. The van der Waals surface area contributed by atoms with Gasteiger partial charge in [-0.15, -0.1) is 0 Å². The summed E-state index contributed by atoms with van der Waals surface area (Å²) in [4.78, 5) is 0. The molecule has 1 aromatic heterocycles. The smallest absolute Gasteiger partial charge is 0.212 e. The highest BCUT2D eigenvalue weighted by Crippen LogP contribution is 2.29. The summed E-state index contributed by atoms with van der Waals surface area (Å²) in [5.41, 5.74) is 2.40. The van der Waals surface area contributed by atoms with Crippen molar-refractivity contribution in [3.05, 3.63) is 115 Å². The van der Waals surface area contributed by atoms with Gasteiger partial charge >= 0.3 is 0 Å². The van der Waals surface area contributed by atoms with Crippen molar-refractivity contribution in [3.8, 4) is 22.9 Å². The number of aromatic nitrogens is 2. The number of hydrogen-bond donors (Lipinski definition) is 1. The molecule has 218 valence electrons. The number of nitrogens with zero attached hydrogens (tertiary/aromatic N) is 2. The number of methoxy groups -OCH3 is 1. The average Bonchev–Trinajstić information content (AvgIpc) is 3.42. The summed E-state index contributed by atoms with van der Waals surface area (Å²) < 4.78 is 61.1. The normalized spacial score (nSPS) is 13.0. The van der Waals surface area contributed by atoms with Crippen molar-refractivity contribution >= 4 is 20.9 Å². The third-order valence-electron chi connectivity index (χ3n) is 6.71. The molecule has 10 heteroatoms. The SMILES string of the molecule is COc1ccc(OCCCS(=O)(=O)N[C@@H](C)[C@@H](Oc2ccc3c(cnn3-c3ccc(F)cc3)c2)c2ccccc2)cc1. The molecule has 5 rings (SSSR count). The van der Waals surface area contributed by atoms with Crippen molar-refractivity contribution in [3.63, 3.8) is 0 Å². The molecular weight excluding hydrogens is 557 g/mol. The Kier molecular flexibility index (Phi) is 9.04. The highest BCUT2D eigenvalue weighted by Gasteiger charge is 2.26. The van der Waals surface area contributed by atoms with Crippen molar-refractivity contribution in [1.29, 1.82) is 0 Å². The largest absolute Gasteiger partial charge is 0.497 e. The lowest BCUT2D eigenvalue weighted by Gasteiger charge is -2.26. The van der Waals surface area contributed by atoms with E-state index in [1.165, 1.54) is 12.1 Å². The summed E-state index contributed by atoms with van der Waals surface area (Å²) in [5, 5.41) is 5.28. The third-order valence-corrected chi connectivity index (χ3v) is 8.26. The third kappa shape index (κ3) is 7.26. The predicted octanol–water partition coefficient (Wildman–Crippen LogP) is 6.07. The number of hydrogen-bond acceptors (Lipinski definition) is 6. The number of benzene rings is 4. The molecule has 0 bridgehead atoms. The zero-order valence-electron chi connectivity index (χ0n) is 23.3. The molecule has 42 heavy (non-hydrogen) atoms. The van der Waals surface area contributed by atoms with Crippen LogP contribution in [0.5, 0.6) is 17.2 Å². The lowest BCUT2D eigenvalue weighted by molar-refractivity contribution is 0.173. The van der Waals surface area contributed by atoms with Gasteiger partial charge in [-0.05, 0) is 85.6 Å². The van der Waals surface area contributed by atoms with E-state index in [0.717, 1.165) is 27.9 Å². The van der Waals surface area contributed by atoms with Gasteiger partial charge in [-0.25, -0.2) is 22.2 Å². The Morgan fingerprint density at radius 1 is 0.905 bits per heavy atom. The first kappa shape index (κ1) is 29.1. The van der Waals surface area contributed by atoms with Gasteiger partial charge in [0.05, 0.1) is 42.9 Å². The van der Waals surface area contributed by atoms with E-state index < -0.39 is 22.2 Å². The molecule has 1 N–H and O–H groups in total. The molecule has 0 spiro atoms. The van der Waals surface area contributed by atoms with E-state index >= 15 is 0 Å². The molecule has 0 unspecified atom stereocenters. The first-order valence-electron chi connectivity index (χ1n) is 13.5. The number of rotatable bonds is 13. The summed E-state index contributed by atoms with van der Waals surface area (Å²) in [6, 6.07) is 27.7. The quantitative estimate of drug-likeness (QED) is 0.168. The second-order valence-electron chi connectivity index (χ2n) is 9.81. The minimum Gasteiger partial charge on any atom is -0.497 e. The van der Waals surface area contributed by atoms with Crippen molar-refractivity contribution < 1.29 is 27.0 Å². The molecule has 0 aliphatic rings. The monoisotopic (exact) mass is 589 g/mol. The van der Waals surface area contributed by atoms with E-state index in [0.29, 0.717) is 17.9 Å². The van der Waals surface area contributed by atoms with Crippen LogP contribution in [-0.2, 0) is 10.0 Å². The molecule has 0 radical (unpaired) electrons. The number of ether oxygens (including phenoxy) is 3. The van der Waals surface area contributed by atoms with Crippen molar-refractivity contribution in [1.82, 2.24) is 14.5 Å². The summed E-state index contributed by atoms with van der Waals surface area (Å²) in [7, 11) is -2.04. The number of fused-ring (bicyclic) bond motifs is 1. The molecule has 4 aromatic carbocycles. The molecule has 0 saturated heterocycles. The van der Waals surface area contributed by atoms with E-state index in [-0.39, 0.29) is 18.2 Å². The van der Waals surface area contributed by atoms with Gasteiger partial charge in [0.15, 0.2) is 0 Å². The van der Waals surface area contributed by atoms with Crippen LogP contribution in [0.15, 0.2) is 103 Å². The molecule has 0 aliphatic heterocycles. The number of sulfonamides is 1. The lowest BCUT2D eigenvalue weighted by Crippen LogP contribution is -2.40. The lowest BCUT2D eigenvalue weighted by atomic mass is 10.0. The van der Waals surface area contributed by atoms with Crippen molar-refractivity contribution in [2.24, 2.45) is 0 Å². The fourth-order valence-corrected chi connectivity index (χ4v) is 5.94. The minimum absolute atomic E-state index is 0.0937. The highest BCUT2D eigenvalue weighted by atomic mass is 32.2. The van der Waals surface area contributed by atoms with Gasteiger partial charge in [0.1, 0.15) is 29.2 Å². The molecule has 0 amide bonds. The predicted molar refractivity (Wildman–Crippen MR) is 160 cm³/mol. The number of nitrogens with one attached hydrogen (secondary N) is 1. The van der Waals surface area contributed by atoms with Gasteiger partial charge in [-0.3, -0.25) is 0 Å². The van der Waals surface area contributed by atoms with Gasteiger partial charge < -0.3 is 14.2 Å². The molecule has 1 heterocycles. The molecule has 0 saturated carbocycles. The molecule has 2 atom stereocenters. The maximum atomic E-state index is 13.4. The van der Waals surface area contributed by atoms with Crippen LogP contribution < -0.4 is 18.9 Å². The van der Waals surface area contributed by atoms with Gasteiger partial charge in [0, 0.05) is 5.39 Å². The zero-order chi connectivity index (χ0) is 29.5. The van der Waals surface area contributed by atoms with Gasteiger partial charge in [-0.1, -0.05) is 30.3 Å². The fourth-order valence-electron chi connectivity index (χ4n) is 4.64. The van der Waals surface area contributed by atoms with E-state index in [1.807, 2.05) is 48.5 Å². The first-order chi connectivity index (χ1) is 20.3. The summed E-state index contributed by atoms with van der Waals surface area (Å²) in [6.07, 6.45) is 1.43. The Hall–Kier alpha value is -4.41. The topological polar surface area (TPSA) is 91.7 Å². The second-order valence-corrected chi connectivity index (χ2v) is 11.7. The van der Waals surface area contributed by atoms with E-state index in [9.17, 15) is 12.8 Å². The first-order valence-corrected chi connectivity index (χ1v) is 15.2. The Labute approximate surface area is 244 Å². The maximum Gasteiger partial charge on any atom is 0.212 e. The van der Waals surface area contributed by atoms with E-state index in [1.54, 1.807) is 61.3 Å². The minimum atomic E-state index is -3.63. The fraction of sp³-hybridized carbons (Fsp3) is 0.219. The molecule has 0 aliphatic carbocycles. The summed E-state index contributed by atoms with van der Waals surface area (Å²) in [5.74, 6) is 1.52. The maximum absolute atomic E-state index is 13.4. The molecule has 0 fully saturated rings. The zero-order valence-corrected chi connectivity index (χ0v) is 24.1. The van der Waals surface area contributed by atoms with Crippen LogP contribution in [0.3, 0.4) is 0 Å². The summed E-state index contributed by atoms with van der Waals surface area (Å²) in [6.45, 7) is 2.04. The van der Waals surface area contributed by atoms with Crippen molar-refractivity contribution in [2.75, 3.05) is 19.5 Å². The standard InChI is InChI=1S/C32H32FN3O5S/c1-23(35-42(37,38)20-6-19-40-29-15-13-28(39-2)14-16-29)32(24-7-4-3-5-8-24)41-30-17-18-31-25(21-30)22-34-36(31)27-11-9-26(33)10-12-27/h3-5,7-18,21-23,32,35H,6,19-20H2,1-2H3/t23-,32+/m0/s1. The van der Waals surface area contributed by atoms with Gasteiger partial charge in [0.2, 0.25) is 10.0 Å². The van der Waals surface area contributed by atoms with Crippen molar-refractivity contribution in [2.45, 2.75) is 25.5 Å².